The van der Waals surface area contributed by atoms with E-state index in [1.165, 1.54) is 0 Å². The second-order valence-electron chi connectivity index (χ2n) is 4.28. The van der Waals surface area contributed by atoms with Crippen molar-refractivity contribution >= 4 is 46.5 Å². The summed E-state index contributed by atoms with van der Waals surface area (Å²) in [5.74, 6) is -1.07. The lowest BCUT2D eigenvalue weighted by molar-refractivity contribution is -0.125. The molecule has 110 valence electrons. The van der Waals surface area contributed by atoms with Crippen molar-refractivity contribution in [2.24, 2.45) is 0 Å². The molecule has 1 aliphatic rings. The van der Waals surface area contributed by atoms with Gasteiger partial charge in [-0.1, -0.05) is 29.9 Å². The molecule has 0 saturated carbocycles. The van der Waals surface area contributed by atoms with Crippen LogP contribution in [0.4, 0.5) is 10.5 Å². The van der Waals surface area contributed by atoms with Crippen LogP contribution in [0.2, 0.25) is 5.02 Å². The molecule has 8 heteroatoms. The van der Waals surface area contributed by atoms with E-state index < -0.39 is 12.0 Å². The van der Waals surface area contributed by atoms with Crippen LogP contribution in [0.25, 0.3) is 0 Å². The highest BCUT2D eigenvalue weighted by Gasteiger charge is 2.33. The lowest BCUT2D eigenvalue weighted by atomic mass is 10.1. The van der Waals surface area contributed by atoms with Crippen LogP contribution in [0.3, 0.4) is 0 Å². The zero-order chi connectivity index (χ0) is 15.6. The molecule has 1 aromatic rings. The molecule has 1 heterocycles. The van der Waals surface area contributed by atoms with Crippen molar-refractivity contribution in [2.45, 2.75) is 6.42 Å². The summed E-state index contributed by atoms with van der Waals surface area (Å²) < 4.78 is 0. The van der Waals surface area contributed by atoms with Gasteiger partial charge in [-0.05, 0) is 18.2 Å². The monoisotopic (exact) mass is 326 g/mol. The average Bonchev–Trinajstić information content (AvgIpc) is 2.38. The first-order valence-electron chi connectivity index (χ1n) is 5.94. The molecule has 0 saturated heterocycles. The van der Waals surface area contributed by atoms with Crippen LogP contribution >= 0.6 is 23.8 Å². The fourth-order valence-corrected chi connectivity index (χ4v) is 2.39. The van der Waals surface area contributed by atoms with Crippen LogP contribution in [0.5, 0.6) is 0 Å². The maximum absolute atomic E-state index is 12.0. The fraction of sp³-hybridized carbons (Fsp3) is 0.154. The first-order valence-corrected chi connectivity index (χ1v) is 6.72. The lowest BCUT2D eigenvalue weighted by Crippen LogP contribution is -2.43. The summed E-state index contributed by atoms with van der Waals surface area (Å²) in [6, 6.07) is 6.63. The van der Waals surface area contributed by atoms with Gasteiger partial charge in [0.15, 0.2) is 0 Å². The van der Waals surface area contributed by atoms with Gasteiger partial charge in [0, 0.05) is 23.7 Å². The van der Waals surface area contributed by atoms with E-state index >= 15 is 0 Å². The highest BCUT2D eigenvalue weighted by molar-refractivity contribution is 7.81. The number of nitrogens with one attached hydrogen (secondary N) is 1. The standard InChI is InChI=1S/C13H11ClN2O4S/c14-7-2-1-3-8(6-7)15-11(21)10-9(17)4-5-16(12(10)18)13(19)20/h1-3,6,17H,4-5H2,(H,15,21)(H,19,20). The van der Waals surface area contributed by atoms with E-state index in [1.54, 1.807) is 24.3 Å². The minimum atomic E-state index is -1.38. The summed E-state index contributed by atoms with van der Waals surface area (Å²) in [5, 5.41) is 22.0. The third-order valence-corrected chi connectivity index (χ3v) is 3.40. The molecule has 1 aromatic carbocycles. The molecular formula is C13H11ClN2O4S. The number of thiocarbonyl (C=S) groups is 1. The molecule has 0 atom stereocenters. The molecule has 2 rings (SSSR count). The van der Waals surface area contributed by atoms with Crippen LogP contribution < -0.4 is 5.32 Å². The van der Waals surface area contributed by atoms with Gasteiger partial charge in [-0.2, -0.15) is 0 Å². The maximum atomic E-state index is 12.0. The van der Waals surface area contributed by atoms with Gasteiger partial charge in [0.2, 0.25) is 0 Å². The highest BCUT2D eigenvalue weighted by atomic mass is 35.5. The van der Waals surface area contributed by atoms with E-state index in [0.717, 1.165) is 0 Å². The number of carbonyl (C=O) groups is 2. The minimum Gasteiger partial charge on any atom is -0.511 e. The molecule has 0 bridgehead atoms. The van der Waals surface area contributed by atoms with Gasteiger partial charge in [-0.15, -0.1) is 0 Å². The van der Waals surface area contributed by atoms with Crippen LogP contribution in [-0.2, 0) is 4.79 Å². The van der Waals surface area contributed by atoms with Crippen molar-refractivity contribution in [1.82, 2.24) is 4.90 Å². The Bertz CT molecular complexity index is 659. The number of hydrogen-bond acceptors (Lipinski definition) is 4. The Labute approximate surface area is 130 Å². The van der Waals surface area contributed by atoms with Crippen molar-refractivity contribution in [1.29, 1.82) is 0 Å². The number of imide groups is 1. The van der Waals surface area contributed by atoms with Gasteiger partial charge in [0.05, 0.1) is 0 Å². The van der Waals surface area contributed by atoms with Crippen LogP contribution in [0.15, 0.2) is 35.6 Å². The molecule has 1 aliphatic heterocycles. The zero-order valence-corrected chi connectivity index (χ0v) is 12.2. The highest BCUT2D eigenvalue weighted by Crippen LogP contribution is 2.21. The molecule has 2 amide bonds. The summed E-state index contributed by atoms with van der Waals surface area (Å²) in [6.07, 6.45) is -1.35. The van der Waals surface area contributed by atoms with Crippen LogP contribution in [0, 0.1) is 0 Å². The summed E-state index contributed by atoms with van der Waals surface area (Å²) in [6.45, 7) is -0.0940. The van der Waals surface area contributed by atoms with Crippen molar-refractivity contribution in [2.75, 3.05) is 11.9 Å². The molecular weight excluding hydrogens is 316 g/mol. The average molecular weight is 327 g/mol. The Morgan fingerprint density at radius 3 is 2.76 bits per heavy atom. The van der Waals surface area contributed by atoms with E-state index in [0.29, 0.717) is 15.6 Å². The number of halogens is 1. The Hall–Kier alpha value is -2.12. The zero-order valence-electron chi connectivity index (χ0n) is 10.7. The quantitative estimate of drug-likeness (QED) is 0.724. The Kier molecular flexibility index (Phi) is 4.44. The van der Waals surface area contributed by atoms with Crippen LogP contribution in [0.1, 0.15) is 6.42 Å². The number of anilines is 1. The third-order valence-electron chi connectivity index (χ3n) is 2.86. The Balaban J connectivity index is 2.24. The second-order valence-corrected chi connectivity index (χ2v) is 5.12. The van der Waals surface area contributed by atoms with Crippen molar-refractivity contribution in [3.63, 3.8) is 0 Å². The van der Waals surface area contributed by atoms with Gasteiger partial charge < -0.3 is 15.5 Å². The molecule has 0 aromatic heterocycles. The Morgan fingerprint density at radius 2 is 2.14 bits per heavy atom. The fourth-order valence-electron chi connectivity index (χ4n) is 1.87. The van der Waals surface area contributed by atoms with Gasteiger partial charge in [0.25, 0.3) is 5.91 Å². The third kappa shape index (κ3) is 3.32. The summed E-state index contributed by atoms with van der Waals surface area (Å²) in [5.41, 5.74) is 0.326. The maximum Gasteiger partial charge on any atom is 0.414 e. The first-order chi connectivity index (χ1) is 9.90. The molecule has 0 aliphatic carbocycles. The number of nitrogens with zero attached hydrogens (tertiary/aromatic N) is 1. The number of amides is 2. The van der Waals surface area contributed by atoms with Gasteiger partial charge in [0.1, 0.15) is 16.3 Å². The normalized spacial score (nSPS) is 15.1. The molecule has 0 fully saturated rings. The number of aliphatic hydroxyl groups excluding tert-OH is 1. The van der Waals surface area contributed by atoms with E-state index in [1.807, 2.05) is 0 Å². The van der Waals surface area contributed by atoms with Crippen molar-refractivity contribution in [3.8, 4) is 0 Å². The van der Waals surface area contributed by atoms with E-state index in [-0.39, 0.29) is 29.3 Å². The molecule has 3 N–H and O–H groups in total. The molecule has 6 nitrogen and oxygen atoms in total. The number of rotatable bonds is 2. The van der Waals surface area contributed by atoms with Crippen molar-refractivity contribution in [3.05, 3.63) is 40.6 Å². The minimum absolute atomic E-state index is 0.0325. The van der Waals surface area contributed by atoms with Gasteiger partial charge in [-0.3, -0.25) is 4.79 Å². The SMILES string of the molecule is O=C(O)N1CCC(O)=C(C(=S)Nc2cccc(Cl)c2)C1=O. The number of carbonyl (C=O) groups excluding carboxylic acids is 1. The molecule has 0 radical (unpaired) electrons. The lowest BCUT2D eigenvalue weighted by Gasteiger charge is -2.25. The molecule has 21 heavy (non-hydrogen) atoms. The number of benzene rings is 1. The van der Waals surface area contributed by atoms with E-state index in [4.69, 9.17) is 28.9 Å². The van der Waals surface area contributed by atoms with E-state index in [9.17, 15) is 14.7 Å². The number of aliphatic hydroxyl groups is 1. The Morgan fingerprint density at radius 1 is 1.43 bits per heavy atom. The molecule has 0 spiro atoms. The predicted molar refractivity (Wildman–Crippen MR) is 81.7 cm³/mol. The largest absolute Gasteiger partial charge is 0.511 e. The topological polar surface area (TPSA) is 89.9 Å². The summed E-state index contributed by atoms with van der Waals surface area (Å²) in [7, 11) is 0. The number of carboxylic acid groups (broad SMARTS) is 1. The first kappa shape index (κ1) is 15.3. The second kappa shape index (κ2) is 6.11. The van der Waals surface area contributed by atoms with Crippen LogP contribution in [-0.4, -0.2) is 38.6 Å². The smallest absolute Gasteiger partial charge is 0.414 e. The van der Waals surface area contributed by atoms with E-state index in [2.05, 4.69) is 5.32 Å². The van der Waals surface area contributed by atoms with Gasteiger partial charge >= 0.3 is 6.09 Å². The van der Waals surface area contributed by atoms with Gasteiger partial charge in [-0.25, -0.2) is 9.69 Å². The summed E-state index contributed by atoms with van der Waals surface area (Å²) in [4.78, 5) is 23.6. The predicted octanol–water partition coefficient (Wildman–Crippen LogP) is 2.80. The molecule has 0 unspecified atom stereocenters. The summed E-state index contributed by atoms with van der Waals surface area (Å²) >= 11 is 10.9. The van der Waals surface area contributed by atoms with Crippen molar-refractivity contribution < 1.29 is 19.8 Å². The number of hydrogen-bond donors (Lipinski definition) is 3.